The van der Waals surface area contributed by atoms with Gasteiger partial charge in [-0.25, -0.2) is 4.39 Å². The van der Waals surface area contributed by atoms with E-state index in [1.54, 1.807) is 12.1 Å². The maximum Gasteiger partial charge on any atom is 0.123 e. The van der Waals surface area contributed by atoms with Crippen LogP contribution in [0.25, 0.3) is 0 Å². The Hall–Kier alpha value is -1.75. The van der Waals surface area contributed by atoms with Crippen molar-refractivity contribution in [2.24, 2.45) is 5.92 Å². The molecule has 0 atom stereocenters. The van der Waals surface area contributed by atoms with Crippen LogP contribution in [-0.4, -0.2) is 42.9 Å². The number of benzene rings is 2. The van der Waals surface area contributed by atoms with Crippen molar-refractivity contribution < 1.29 is 14.2 Å². The van der Waals surface area contributed by atoms with Gasteiger partial charge in [-0.05, 0) is 98.5 Å². The van der Waals surface area contributed by atoms with Gasteiger partial charge < -0.3 is 14.7 Å². The van der Waals surface area contributed by atoms with E-state index >= 15 is 0 Å². The molecule has 0 aliphatic carbocycles. The van der Waals surface area contributed by atoms with Crippen molar-refractivity contribution in [1.29, 1.82) is 0 Å². The second-order valence-corrected chi connectivity index (χ2v) is 8.14. The van der Waals surface area contributed by atoms with Crippen LogP contribution in [0.1, 0.15) is 41.5 Å². The normalized spacial score (nSPS) is 15.7. The van der Waals surface area contributed by atoms with E-state index in [2.05, 4.69) is 23.1 Å². The minimum atomic E-state index is -0.181. The fraction of sp³-hybridized carbons (Fsp3) is 0.520. The molecule has 29 heavy (non-hydrogen) atoms. The highest BCUT2D eigenvalue weighted by Crippen LogP contribution is 2.24. The van der Waals surface area contributed by atoms with Gasteiger partial charge in [0.25, 0.3) is 0 Å². The molecule has 0 spiro atoms. The summed E-state index contributed by atoms with van der Waals surface area (Å²) in [5.74, 6) is 0.508. The first-order valence-electron chi connectivity index (χ1n) is 10.8. The Bertz CT molecular complexity index is 756. The van der Waals surface area contributed by atoms with Crippen molar-refractivity contribution in [3.63, 3.8) is 0 Å². The van der Waals surface area contributed by atoms with E-state index in [4.69, 9.17) is 4.74 Å². The lowest BCUT2D eigenvalue weighted by Gasteiger charge is -2.32. The number of halogens is 1. The van der Waals surface area contributed by atoms with E-state index in [1.807, 2.05) is 13.0 Å². The number of rotatable bonds is 10. The zero-order chi connectivity index (χ0) is 20.5. The summed E-state index contributed by atoms with van der Waals surface area (Å²) in [5.41, 5.74) is 4.29. The predicted octanol–water partition coefficient (Wildman–Crippen LogP) is 4.33. The van der Waals surface area contributed by atoms with Crippen LogP contribution in [0, 0.1) is 24.7 Å². The predicted molar refractivity (Wildman–Crippen MR) is 114 cm³/mol. The maximum absolute atomic E-state index is 13.1. The van der Waals surface area contributed by atoms with Crippen LogP contribution in [0.4, 0.5) is 4.39 Å². The number of nitrogens with zero attached hydrogens (tertiary/aromatic N) is 1. The van der Waals surface area contributed by atoms with Crippen molar-refractivity contribution in [2.45, 2.75) is 45.6 Å². The van der Waals surface area contributed by atoms with Crippen LogP contribution >= 0.6 is 0 Å². The fourth-order valence-electron chi connectivity index (χ4n) is 4.12. The van der Waals surface area contributed by atoms with Gasteiger partial charge in [0, 0.05) is 13.2 Å². The van der Waals surface area contributed by atoms with E-state index in [0.717, 1.165) is 62.2 Å². The van der Waals surface area contributed by atoms with Gasteiger partial charge in [0.05, 0.1) is 13.2 Å². The number of aryl methyl sites for hydroxylation is 1. The maximum atomic E-state index is 13.1. The van der Waals surface area contributed by atoms with Crippen molar-refractivity contribution in [2.75, 3.05) is 32.8 Å². The molecule has 1 aliphatic heterocycles. The number of piperidine rings is 1. The lowest BCUT2D eigenvalue weighted by Crippen LogP contribution is -2.35. The van der Waals surface area contributed by atoms with Crippen LogP contribution in [0.3, 0.4) is 0 Å². The van der Waals surface area contributed by atoms with Gasteiger partial charge in [-0.2, -0.15) is 0 Å². The highest BCUT2D eigenvalue weighted by molar-refractivity contribution is 5.30. The molecule has 4 heteroatoms. The molecule has 0 unspecified atom stereocenters. The molecule has 157 valence electrons. The highest BCUT2D eigenvalue weighted by atomic mass is 19.1. The molecule has 1 fully saturated rings. The first-order valence-corrected chi connectivity index (χ1v) is 10.8. The van der Waals surface area contributed by atoms with Crippen LogP contribution in [-0.2, 0) is 24.2 Å². The van der Waals surface area contributed by atoms with Crippen molar-refractivity contribution in [3.8, 4) is 0 Å². The number of aliphatic hydroxyl groups is 1. The van der Waals surface area contributed by atoms with Gasteiger partial charge in [-0.15, -0.1) is 0 Å². The first-order chi connectivity index (χ1) is 14.1. The standard InChI is InChI=1S/C25H33FNO2/c1-20-6-7-23(24(16-20)19-28)17-22-8-12-27(13-9-22)11-3-14-29-15-10-21-4-2-5-25(26)18-21/h2,4-7,18,22,28H,3,8-15,17,19H2,1H3. The van der Waals surface area contributed by atoms with Crippen molar-refractivity contribution in [3.05, 3.63) is 70.5 Å². The average Bonchev–Trinajstić information content (AvgIpc) is 2.73. The monoisotopic (exact) mass is 398 g/mol. The molecule has 1 N–H and O–H groups in total. The smallest absolute Gasteiger partial charge is 0.123 e. The van der Waals surface area contributed by atoms with Crippen molar-refractivity contribution in [1.82, 2.24) is 4.90 Å². The van der Waals surface area contributed by atoms with Crippen LogP contribution in [0.15, 0.2) is 36.4 Å². The topological polar surface area (TPSA) is 32.7 Å². The lowest BCUT2D eigenvalue weighted by atomic mass is 9.88. The van der Waals surface area contributed by atoms with Gasteiger partial charge in [0.2, 0.25) is 0 Å². The second kappa shape index (κ2) is 11.4. The third-order valence-corrected chi connectivity index (χ3v) is 5.83. The minimum Gasteiger partial charge on any atom is -0.392 e. The number of hydrogen-bond acceptors (Lipinski definition) is 3. The van der Waals surface area contributed by atoms with Gasteiger partial charge in [-0.1, -0.05) is 24.3 Å². The zero-order valence-electron chi connectivity index (χ0n) is 17.5. The Morgan fingerprint density at radius 1 is 1.17 bits per heavy atom. The summed E-state index contributed by atoms with van der Waals surface area (Å²) in [6, 6.07) is 14.3. The van der Waals surface area contributed by atoms with Gasteiger partial charge in [-0.3, -0.25) is 0 Å². The molecular weight excluding hydrogens is 365 g/mol. The van der Waals surface area contributed by atoms with E-state index in [1.165, 1.54) is 24.5 Å². The summed E-state index contributed by atoms with van der Waals surface area (Å²) in [4.78, 5) is 2.53. The van der Waals surface area contributed by atoms with Crippen LogP contribution in [0.5, 0.6) is 0 Å². The molecule has 1 saturated heterocycles. The number of hydrogen-bond donors (Lipinski definition) is 1. The van der Waals surface area contributed by atoms with Gasteiger partial charge in [0.15, 0.2) is 0 Å². The highest BCUT2D eigenvalue weighted by Gasteiger charge is 2.20. The molecule has 0 aromatic heterocycles. The molecule has 3 rings (SSSR count). The lowest BCUT2D eigenvalue weighted by molar-refractivity contribution is 0.113. The fourth-order valence-corrected chi connectivity index (χ4v) is 4.12. The Morgan fingerprint density at radius 2 is 2.00 bits per heavy atom. The van der Waals surface area contributed by atoms with E-state index in [-0.39, 0.29) is 12.4 Å². The molecular formula is C25H33FNO2. The molecule has 3 nitrogen and oxygen atoms in total. The zero-order valence-corrected chi connectivity index (χ0v) is 17.5. The Morgan fingerprint density at radius 3 is 2.76 bits per heavy atom. The molecule has 1 radical (unpaired) electrons. The second-order valence-electron chi connectivity index (χ2n) is 8.14. The van der Waals surface area contributed by atoms with E-state index < -0.39 is 0 Å². The summed E-state index contributed by atoms with van der Waals surface area (Å²) in [5, 5.41) is 9.58. The van der Waals surface area contributed by atoms with Crippen molar-refractivity contribution >= 4 is 0 Å². The molecule has 2 aromatic carbocycles. The molecule has 1 heterocycles. The van der Waals surface area contributed by atoms with E-state index in [9.17, 15) is 9.50 Å². The largest absolute Gasteiger partial charge is 0.392 e. The van der Waals surface area contributed by atoms with Crippen LogP contribution < -0.4 is 0 Å². The van der Waals surface area contributed by atoms with E-state index in [0.29, 0.717) is 12.5 Å². The number of aliphatic hydroxyl groups excluding tert-OH is 1. The third-order valence-electron chi connectivity index (χ3n) is 5.83. The Balaban J connectivity index is 1.28. The number of likely N-dealkylation sites (tertiary alicyclic amines) is 1. The SMILES string of the molecule is Cc1[c]c(CO)c(CC2CCN(CCCOCCc3cccc(F)c3)CC2)cc1. The molecule has 0 bridgehead atoms. The Labute approximate surface area is 174 Å². The van der Waals surface area contributed by atoms with Gasteiger partial charge in [0.1, 0.15) is 5.82 Å². The summed E-state index contributed by atoms with van der Waals surface area (Å²) in [6.45, 7) is 6.85. The van der Waals surface area contributed by atoms with Crippen LogP contribution in [0.2, 0.25) is 0 Å². The summed E-state index contributed by atoms with van der Waals surface area (Å²) < 4.78 is 18.9. The van der Waals surface area contributed by atoms with Gasteiger partial charge >= 0.3 is 0 Å². The summed E-state index contributed by atoms with van der Waals surface area (Å²) >= 11 is 0. The first kappa shape index (κ1) is 21.9. The summed E-state index contributed by atoms with van der Waals surface area (Å²) in [6.07, 6.45) is 5.26. The quantitative estimate of drug-likeness (QED) is 0.605. The molecule has 0 amide bonds. The summed E-state index contributed by atoms with van der Waals surface area (Å²) in [7, 11) is 0. The minimum absolute atomic E-state index is 0.0784. The third kappa shape index (κ3) is 7.22. The molecule has 0 saturated carbocycles. The number of ether oxygens (including phenoxy) is 1. The Kier molecular flexibility index (Phi) is 8.66. The average molecular weight is 399 g/mol. The molecule has 1 aliphatic rings. The molecule has 2 aromatic rings.